The summed E-state index contributed by atoms with van der Waals surface area (Å²) in [5.74, 6) is 0.884. The first kappa shape index (κ1) is 13.4. The van der Waals surface area contributed by atoms with Crippen molar-refractivity contribution in [2.45, 2.75) is 51.2 Å². The van der Waals surface area contributed by atoms with Gasteiger partial charge in [0.05, 0.1) is 5.54 Å². The van der Waals surface area contributed by atoms with E-state index in [1.54, 1.807) is 11.1 Å². The number of fused-ring (bicyclic) bond motifs is 2. The van der Waals surface area contributed by atoms with E-state index in [1.165, 1.54) is 12.0 Å². The maximum atomic E-state index is 12.2. The molecule has 2 atom stereocenters. The molecule has 0 aromatic rings. The van der Waals surface area contributed by atoms with E-state index in [1.807, 2.05) is 20.8 Å². The van der Waals surface area contributed by atoms with Crippen LogP contribution in [0.2, 0.25) is 0 Å². The summed E-state index contributed by atoms with van der Waals surface area (Å²) in [5, 5.41) is 3.17. The standard InChI is InChI=1S/C17H24N2O2/c1-16(2,3)21-15(20)18-17-6-4-5-11(17)8-19(10-17)9-14-12-7-13(12)14/h5,12H,4,6-10H2,1-3H3,(H,18,20). The predicted octanol–water partition coefficient (Wildman–Crippen LogP) is 2.62. The zero-order chi connectivity index (χ0) is 14.8. The van der Waals surface area contributed by atoms with Gasteiger partial charge in [0.1, 0.15) is 5.60 Å². The third kappa shape index (κ3) is 2.39. The second-order valence-corrected chi connectivity index (χ2v) is 7.93. The lowest BCUT2D eigenvalue weighted by Crippen LogP contribution is -2.51. The van der Waals surface area contributed by atoms with Crippen molar-refractivity contribution in [1.82, 2.24) is 10.2 Å². The highest BCUT2D eigenvalue weighted by Gasteiger charge is 2.53. The van der Waals surface area contributed by atoms with Gasteiger partial charge in [0, 0.05) is 25.6 Å². The number of amides is 1. The van der Waals surface area contributed by atoms with Crippen molar-refractivity contribution in [3.8, 4) is 0 Å². The van der Waals surface area contributed by atoms with Gasteiger partial charge in [0.15, 0.2) is 0 Å². The Hall–Kier alpha value is -1.29. The SMILES string of the molecule is CC(C)(C)OC(=O)NC12CCC=C1CN(CC1=C3CC31)C2. The van der Waals surface area contributed by atoms with Crippen LogP contribution < -0.4 is 5.32 Å². The quantitative estimate of drug-likeness (QED) is 0.812. The molecule has 1 saturated heterocycles. The molecule has 3 aliphatic carbocycles. The normalized spacial score (nSPS) is 33.5. The second kappa shape index (κ2) is 4.13. The predicted molar refractivity (Wildman–Crippen MR) is 81.0 cm³/mol. The Balaban J connectivity index is 1.42. The van der Waals surface area contributed by atoms with Gasteiger partial charge < -0.3 is 10.1 Å². The fraction of sp³-hybridized carbons (Fsp3) is 0.706. The molecule has 4 heteroatoms. The minimum absolute atomic E-state index is 0.174. The summed E-state index contributed by atoms with van der Waals surface area (Å²) in [4.78, 5) is 14.6. The van der Waals surface area contributed by atoms with Crippen molar-refractivity contribution in [3.05, 3.63) is 22.8 Å². The van der Waals surface area contributed by atoms with E-state index >= 15 is 0 Å². The van der Waals surface area contributed by atoms with E-state index in [4.69, 9.17) is 4.74 Å². The van der Waals surface area contributed by atoms with Crippen molar-refractivity contribution >= 4 is 6.09 Å². The van der Waals surface area contributed by atoms with Crippen molar-refractivity contribution in [2.75, 3.05) is 19.6 Å². The van der Waals surface area contributed by atoms with Crippen molar-refractivity contribution in [2.24, 2.45) is 5.92 Å². The zero-order valence-corrected chi connectivity index (χ0v) is 13.2. The number of allylic oxidation sites excluding steroid dienone is 2. The number of carbonyl (C=O) groups is 1. The van der Waals surface area contributed by atoms with Gasteiger partial charge in [0.2, 0.25) is 0 Å². The van der Waals surface area contributed by atoms with Crippen molar-refractivity contribution in [1.29, 1.82) is 0 Å². The number of hydrogen-bond acceptors (Lipinski definition) is 3. The molecule has 0 aromatic heterocycles. The summed E-state index contributed by atoms with van der Waals surface area (Å²) in [6.07, 6.45) is 5.45. The Kier molecular flexibility index (Phi) is 2.63. The first-order chi connectivity index (χ1) is 9.86. The van der Waals surface area contributed by atoms with Crippen LogP contribution in [0.25, 0.3) is 0 Å². The van der Waals surface area contributed by atoms with Crippen LogP contribution in [0.3, 0.4) is 0 Å². The molecule has 1 saturated carbocycles. The number of nitrogens with zero attached hydrogens (tertiary/aromatic N) is 1. The van der Waals surface area contributed by atoms with Crippen LogP contribution in [0.4, 0.5) is 4.79 Å². The summed E-state index contributed by atoms with van der Waals surface area (Å²) in [5.41, 5.74) is 4.14. The summed E-state index contributed by atoms with van der Waals surface area (Å²) >= 11 is 0. The van der Waals surface area contributed by atoms with Gasteiger partial charge in [-0.05, 0) is 51.2 Å². The van der Waals surface area contributed by atoms with Crippen molar-refractivity contribution in [3.63, 3.8) is 0 Å². The van der Waals surface area contributed by atoms with E-state index in [0.29, 0.717) is 0 Å². The third-order valence-electron chi connectivity index (χ3n) is 5.03. The first-order valence-electron chi connectivity index (χ1n) is 8.01. The molecule has 0 aromatic carbocycles. The van der Waals surface area contributed by atoms with E-state index in [-0.39, 0.29) is 11.6 Å². The van der Waals surface area contributed by atoms with Crippen LogP contribution >= 0.6 is 0 Å². The van der Waals surface area contributed by atoms with Gasteiger partial charge in [-0.3, -0.25) is 4.90 Å². The molecule has 1 amide bonds. The van der Waals surface area contributed by atoms with Crippen LogP contribution in [0.5, 0.6) is 0 Å². The molecule has 0 radical (unpaired) electrons. The molecule has 21 heavy (non-hydrogen) atoms. The molecule has 4 rings (SSSR count). The molecule has 2 unspecified atom stereocenters. The van der Waals surface area contributed by atoms with Gasteiger partial charge in [-0.25, -0.2) is 4.79 Å². The summed E-state index contributed by atoms with van der Waals surface area (Å²) < 4.78 is 5.45. The molecular weight excluding hydrogens is 264 g/mol. The highest BCUT2D eigenvalue weighted by atomic mass is 16.6. The molecule has 0 spiro atoms. The van der Waals surface area contributed by atoms with Crippen LogP contribution in [0, 0.1) is 5.92 Å². The molecule has 114 valence electrons. The zero-order valence-electron chi connectivity index (χ0n) is 13.2. The second-order valence-electron chi connectivity index (χ2n) is 7.93. The van der Waals surface area contributed by atoms with Gasteiger partial charge >= 0.3 is 6.09 Å². The Labute approximate surface area is 126 Å². The van der Waals surface area contributed by atoms with Crippen LogP contribution in [0.1, 0.15) is 40.0 Å². The maximum Gasteiger partial charge on any atom is 0.408 e. The number of carbonyl (C=O) groups excluding carboxylic acids is 1. The molecule has 1 N–H and O–H groups in total. The average molecular weight is 288 g/mol. The number of nitrogens with one attached hydrogen (secondary N) is 1. The number of alkyl carbamates (subject to hydrolysis) is 1. The lowest BCUT2D eigenvalue weighted by atomic mass is 9.95. The molecule has 4 aliphatic rings. The Morgan fingerprint density at radius 2 is 2.29 bits per heavy atom. The van der Waals surface area contributed by atoms with E-state index in [9.17, 15) is 4.79 Å². The largest absolute Gasteiger partial charge is 0.444 e. The monoisotopic (exact) mass is 288 g/mol. The van der Waals surface area contributed by atoms with Gasteiger partial charge in [-0.2, -0.15) is 0 Å². The fourth-order valence-corrected chi connectivity index (χ4v) is 3.83. The number of rotatable bonds is 3. The number of hydrogen-bond donors (Lipinski definition) is 1. The van der Waals surface area contributed by atoms with Crippen molar-refractivity contribution < 1.29 is 9.53 Å². The minimum atomic E-state index is -0.441. The molecule has 4 nitrogen and oxygen atoms in total. The summed E-state index contributed by atoms with van der Waals surface area (Å²) in [7, 11) is 0. The molecule has 2 fully saturated rings. The van der Waals surface area contributed by atoms with Gasteiger partial charge in [0.25, 0.3) is 0 Å². The number of likely N-dealkylation sites (tertiary alicyclic amines) is 1. The Bertz CT molecular complexity index is 570. The van der Waals surface area contributed by atoms with Crippen LogP contribution in [-0.2, 0) is 4.74 Å². The van der Waals surface area contributed by atoms with Crippen LogP contribution in [-0.4, -0.2) is 41.8 Å². The molecule has 1 heterocycles. The molecule has 1 aliphatic heterocycles. The lowest BCUT2D eigenvalue weighted by molar-refractivity contribution is 0.0472. The average Bonchev–Trinajstić information content (AvgIpc) is 3.15. The molecular formula is C17H24N2O2. The van der Waals surface area contributed by atoms with Crippen LogP contribution in [0.15, 0.2) is 22.8 Å². The van der Waals surface area contributed by atoms with E-state index in [2.05, 4.69) is 16.3 Å². The molecule has 0 bridgehead atoms. The van der Waals surface area contributed by atoms with E-state index < -0.39 is 5.60 Å². The highest BCUT2D eigenvalue weighted by Crippen LogP contribution is 2.61. The highest BCUT2D eigenvalue weighted by molar-refractivity contribution is 5.70. The van der Waals surface area contributed by atoms with Gasteiger partial charge in [-0.1, -0.05) is 11.6 Å². The Morgan fingerprint density at radius 1 is 1.52 bits per heavy atom. The smallest absolute Gasteiger partial charge is 0.408 e. The van der Waals surface area contributed by atoms with E-state index in [0.717, 1.165) is 38.4 Å². The topological polar surface area (TPSA) is 41.6 Å². The fourth-order valence-electron chi connectivity index (χ4n) is 3.83. The number of ether oxygens (including phenoxy) is 1. The van der Waals surface area contributed by atoms with Gasteiger partial charge in [-0.15, -0.1) is 0 Å². The summed E-state index contributed by atoms with van der Waals surface area (Å²) in [6, 6.07) is 0. The Morgan fingerprint density at radius 3 is 2.90 bits per heavy atom. The first-order valence-corrected chi connectivity index (χ1v) is 8.01. The lowest BCUT2D eigenvalue weighted by Gasteiger charge is -2.30. The maximum absolute atomic E-state index is 12.2. The minimum Gasteiger partial charge on any atom is -0.444 e. The third-order valence-corrected chi connectivity index (χ3v) is 5.03. The summed E-state index contributed by atoms with van der Waals surface area (Å²) in [6.45, 7) is 8.76.